The van der Waals surface area contributed by atoms with Gasteiger partial charge in [-0.1, -0.05) is 126 Å². The van der Waals surface area contributed by atoms with Gasteiger partial charge in [0, 0.05) is 111 Å². The van der Waals surface area contributed by atoms with Crippen LogP contribution in [0.4, 0.5) is 16.7 Å². The zero-order valence-corrected chi connectivity index (χ0v) is 50.6. The Hall–Kier alpha value is -7.43. The van der Waals surface area contributed by atoms with Crippen LogP contribution in [0.5, 0.6) is 0 Å². The quantitative estimate of drug-likeness (QED) is 0.0927. The average Bonchev–Trinajstić information content (AvgIpc) is 2.12. The smallest absolute Gasteiger partial charge is 0.410 e. The lowest BCUT2D eigenvalue weighted by molar-refractivity contribution is 0.0518. The van der Waals surface area contributed by atoms with Crippen molar-refractivity contribution in [3.63, 3.8) is 0 Å². The molecule has 5 aromatic carbocycles. The Labute approximate surface area is 511 Å². The number of anilines is 2. The molecule has 4 aliphatic rings. The average molecular weight is 1240 g/mol. The van der Waals surface area contributed by atoms with Gasteiger partial charge in [0.25, 0.3) is 20.0 Å². The maximum atomic E-state index is 13.7. The maximum Gasteiger partial charge on any atom is 0.410 e. The lowest BCUT2D eigenvalue weighted by atomic mass is 9.89. The molecule has 4 aromatic heterocycles. The fourth-order valence-corrected chi connectivity index (χ4v) is 15.7. The van der Waals surface area contributed by atoms with Gasteiger partial charge in [-0.05, 0) is 93.3 Å². The molecule has 2 saturated carbocycles. The number of piperazine rings is 2. The molecule has 3 N–H and O–H groups in total. The van der Waals surface area contributed by atoms with E-state index in [1.54, 1.807) is 102 Å². The number of carbonyl (C=O) groups excluding carboxylic acids is 1. The highest BCUT2D eigenvalue weighted by molar-refractivity contribution is 7.90. The summed E-state index contributed by atoms with van der Waals surface area (Å²) in [5.41, 5.74) is 4.33. The Bertz CT molecular complexity index is 4050. The number of halogens is 2. The van der Waals surface area contributed by atoms with Crippen LogP contribution in [0.1, 0.15) is 56.9 Å². The molecule has 2 aliphatic carbocycles. The van der Waals surface area contributed by atoms with E-state index in [-0.39, 0.29) is 34.6 Å². The van der Waals surface area contributed by atoms with Gasteiger partial charge in [-0.2, -0.15) is 0 Å². The summed E-state index contributed by atoms with van der Waals surface area (Å²) in [5, 5.41) is 12.7. The molecule has 0 radical (unpaired) electrons. The first kappa shape index (κ1) is 58.9. The van der Waals surface area contributed by atoms with Gasteiger partial charge >= 0.3 is 6.09 Å². The first-order valence-electron chi connectivity index (χ1n) is 29.4. The number of nitrogens with zero attached hydrogens (tertiary/aromatic N) is 9. The molecule has 6 heterocycles. The molecule has 9 aromatic rings. The first-order chi connectivity index (χ1) is 41.9. The Balaban J connectivity index is 0.000000173. The summed E-state index contributed by atoms with van der Waals surface area (Å²) >= 11 is 13.3. The lowest BCUT2D eigenvalue weighted by Gasteiger charge is -2.42. The number of carbonyl (C=O) groups is 1. The molecule has 86 heavy (non-hydrogen) atoms. The number of fused-ring (bicyclic) bond motifs is 2. The zero-order valence-electron chi connectivity index (χ0n) is 47.5. The van der Waals surface area contributed by atoms with Crippen molar-refractivity contribution in [1.29, 1.82) is 0 Å². The third-order valence-corrected chi connectivity index (χ3v) is 20.8. The second kappa shape index (κ2) is 26.3. The number of benzene rings is 5. The van der Waals surface area contributed by atoms with E-state index < -0.39 is 20.0 Å². The van der Waals surface area contributed by atoms with Crippen molar-refractivity contribution in [1.82, 2.24) is 47.9 Å². The van der Waals surface area contributed by atoms with Crippen LogP contribution in [0, 0.1) is 0 Å². The van der Waals surface area contributed by atoms with Crippen molar-refractivity contribution in [3.8, 4) is 22.5 Å². The predicted octanol–water partition coefficient (Wildman–Crippen LogP) is 11.3. The Morgan fingerprint density at radius 1 is 0.547 bits per heavy atom. The fourth-order valence-electron chi connectivity index (χ4n) is 12.5. The van der Waals surface area contributed by atoms with Crippen LogP contribution < -0.4 is 16.0 Å². The van der Waals surface area contributed by atoms with Crippen LogP contribution in [-0.4, -0.2) is 142 Å². The van der Waals surface area contributed by atoms with Gasteiger partial charge in [0.1, 0.15) is 6.61 Å². The monoisotopic (exact) mass is 1230 g/mol. The number of rotatable bonds is 14. The Morgan fingerprint density at radius 3 is 1.45 bits per heavy atom. The standard InChI is InChI=1S/C36H37ClN6O4S.C28H31ClN6O2S/c37-32-23-38-35(40-34(32)31-24-43(33-17-8-7-16-30(31)33)48(45,46)29-14-5-2-6-15-29)39-27-12-9-13-28(22-27)41-18-20-42(21-19-41)36(44)47-25-26-10-3-1-4-11-26;29-25-18-31-28(32-20-7-6-8-21(17-20)34-15-13-30-14-16-34)33-27(25)24-19-35(26-12-5-4-11-23(24)26)38(36,37)22-9-2-1-3-10-22/h1-8,10-11,14-17,23-24,27-28H,9,12-13,18-22,25H2,(H,38,39,40);1-5,9-12,18-21,30H,6-8,13-17H2,(H,31,32,33)/t27-,28+;20-,21+/m11/s1. The summed E-state index contributed by atoms with van der Waals surface area (Å²) in [5.74, 6) is 0.965. The minimum absolute atomic E-state index is 0.159. The highest BCUT2D eigenvalue weighted by Crippen LogP contribution is 2.39. The number of hydrogen-bond donors (Lipinski definition) is 3. The molecule has 22 heteroatoms. The highest BCUT2D eigenvalue weighted by Gasteiger charge is 2.33. The van der Waals surface area contributed by atoms with Crippen LogP contribution >= 0.6 is 23.2 Å². The lowest BCUT2D eigenvalue weighted by Crippen LogP contribution is -2.53. The van der Waals surface area contributed by atoms with E-state index in [0.717, 1.165) is 101 Å². The summed E-state index contributed by atoms with van der Waals surface area (Å²) < 4.78 is 62.6. The fraction of sp³-hybridized carbons (Fsp3) is 0.328. The van der Waals surface area contributed by atoms with Crippen LogP contribution in [0.2, 0.25) is 10.0 Å². The summed E-state index contributed by atoms with van der Waals surface area (Å²) in [6, 6.07) is 42.7. The summed E-state index contributed by atoms with van der Waals surface area (Å²) in [7, 11) is -7.67. The molecule has 1 amide bonds. The third kappa shape index (κ3) is 13.0. The molecule has 2 saturated heterocycles. The molecule has 18 nitrogen and oxygen atoms in total. The van der Waals surface area contributed by atoms with E-state index in [4.69, 9.17) is 37.9 Å². The number of ether oxygens (including phenoxy) is 1. The van der Waals surface area contributed by atoms with Crippen LogP contribution in [0.15, 0.2) is 174 Å². The van der Waals surface area contributed by atoms with Crippen molar-refractivity contribution in [2.45, 2.75) is 91.9 Å². The number of hydrogen-bond acceptors (Lipinski definition) is 15. The number of aromatic nitrogens is 6. The Morgan fingerprint density at radius 2 is 0.977 bits per heavy atom. The van der Waals surface area contributed by atoms with Gasteiger partial charge in [0.05, 0.1) is 54.7 Å². The predicted molar refractivity (Wildman–Crippen MR) is 338 cm³/mol. The second-order valence-corrected chi connectivity index (χ2v) is 26.7. The second-order valence-electron chi connectivity index (χ2n) is 22.3. The maximum absolute atomic E-state index is 13.7. The molecule has 2 aliphatic heterocycles. The van der Waals surface area contributed by atoms with Crippen molar-refractivity contribution >= 4 is 83.0 Å². The van der Waals surface area contributed by atoms with E-state index >= 15 is 0 Å². The van der Waals surface area contributed by atoms with E-state index in [2.05, 4.69) is 35.7 Å². The van der Waals surface area contributed by atoms with Gasteiger partial charge in [0.15, 0.2) is 0 Å². The van der Waals surface area contributed by atoms with Crippen molar-refractivity contribution in [2.75, 3.05) is 63.0 Å². The van der Waals surface area contributed by atoms with Crippen molar-refractivity contribution < 1.29 is 26.4 Å². The molecule has 0 spiro atoms. The van der Waals surface area contributed by atoms with Gasteiger partial charge in [-0.15, -0.1) is 0 Å². The highest BCUT2D eigenvalue weighted by atomic mass is 35.5. The summed E-state index contributed by atoms with van der Waals surface area (Å²) in [4.78, 5) is 38.6. The third-order valence-electron chi connectivity index (χ3n) is 16.9. The molecule has 13 rings (SSSR count). The van der Waals surface area contributed by atoms with Crippen LogP contribution in [0.3, 0.4) is 0 Å². The zero-order chi connectivity index (χ0) is 59.2. The molecular formula is C64H68Cl2N12O6S2. The minimum Gasteiger partial charge on any atom is -0.445 e. The largest absolute Gasteiger partial charge is 0.445 e. The number of para-hydroxylation sites is 2. The summed E-state index contributed by atoms with van der Waals surface area (Å²) in [6.45, 7) is 7.43. The topological polar surface area (TPSA) is 202 Å². The minimum atomic E-state index is -3.86. The number of amides is 1. The van der Waals surface area contributed by atoms with E-state index in [1.165, 1.54) is 14.4 Å². The van der Waals surface area contributed by atoms with E-state index in [0.29, 0.717) is 80.7 Å². The molecule has 4 fully saturated rings. The van der Waals surface area contributed by atoms with Crippen LogP contribution in [0.25, 0.3) is 44.3 Å². The molecule has 0 unspecified atom stereocenters. The van der Waals surface area contributed by atoms with Crippen LogP contribution in [-0.2, 0) is 31.4 Å². The molecular weight excluding hydrogens is 1170 g/mol. The Kier molecular flexibility index (Phi) is 18.0. The summed E-state index contributed by atoms with van der Waals surface area (Å²) in [6.07, 6.45) is 14.7. The van der Waals surface area contributed by atoms with Crippen molar-refractivity contribution in [2.24, 2.45) is 0 Å². The molecule has 446 valence electrons. The molecule has 0 bridgehead atoms. The molecule has 4 atom stereocenters. The SMILES string of the molecule is O=C(OCc1ccccc1)N1CCN([C@H]2CCC[C@@H](Nc3ncc(Cl)c(-c4cn(S(=O)(=O)c5ccccc5)c5ccccc45)n3)C2)CC1.O=S(=O)(c1ccccc1)n1cc(-c2nc(N[C@@H]3CCC[C@H](N4CCNCC4)C3)ncc2Cl)c2ccccc21. The van der Waals surface area contributed by atoms with Gasteiger partial charge in [-0.3, -0.25) is 9.80 Å². The van der Waals surface area contributed by atoms with E-state index in [1.807, 2.05) is 66.7 Å². The van der Waals surface area contributed by atoms with Gasteiger partial charge in [-0.25, -0.2) is 49.5 Å². The van der Waals surface area contributed by atoms with Crippen molar-refractivity contribution in [3.05, 3.63) is 180 Å². The van der Waals surface area contributed by atoms with E-state index in [9.17, 15) is 21.6 Å². The first-order valence-corrected chi connectivity index (χ1v) is 33.1. The normalized spacial score (nSPS) is 19.8. The number of nitrogens with one attached hydrogen (secondary N) is 3. The van der Waals surface area contributed by atoms with Gasteiger partial charge < -0.3 is 25.6 Å². The van der Waals surface area contributed by atoms with Gasteiger partial charge in [0.2, 0.25) is 11.9 Å².